The molecule has 0 saturated carbocycles. The molecule has 18 heteroatoms. The largest absolute Gasteiger partial charge is 0.508 e. The third kappa shape index (κ3) is 14.9. The summed E-state index contributed by atoms with van der Waals surface area (Å²) in [4.78, 5) is 65.9. The highest BCUT2D eigenvalue weighted by Crippen LogP contribution is 2.34. The number of cyclic esters (lactones) is 1. The average Bonchev–Trinajstić information content (AvgIpc) is 3.17. The number of ether oxygens (including phenoxy) is 4. The summed E-state index contributed by atoms with van der Waals surface area (Å²) in [6.45, 7) is 0.413. The summed E-state index contributed by atoms with van der Waals surface area (Å²) < 4.78 is 22.9. The number of rotatable bonds is 23. The van der Waals surface area contributed by atoms with Crippen LogP contribution in [0.4, 0.5) is 0 Å². The minimum absolute atomic E-state index is 0.00949. The average molecular weight is 870 g/mol. The van der Waals surface area contributed by atoms with E-state index in [0.717, 1.165) is 0 Å². The molecule has 0 radical (unpaired) electrons. The quantitative estimate of drug-likeness (QED) is 0.0390. The monoisotopic (exact) mass is 869 g/mol. The zero-order valence-electron chi connectivity index (χ0n) is 29.6. The van der Waals surface area contributed by atoms with E-state index in [0.29, 0.717) is 43.3 Å². The van der Waals surface area contributed by atoms with E-state index < -0.39 is 72.9 Å². The van der Waals surface area contributed by atoms with Crippen LogP contribution in [0.15, 0.2) is 64.4 Å². The van der Waals surface area contributed by atoms with Crippen LogP contribution in [0.3, 0.4) is 0 Å². The lowest BCUT2D eigenvalue weighted by Gasteiger charge is -2.33. The SMILES string of the molecule is NCCOCCOCCOCCC(=O)NC(CO)C(=O)NC(CO)C(=O)NC(Cc1ccccc1)C(=O)NC1C(=O)OC(=CI)CC1c1ccc(O)cc1. The fourth-order valence-electron chi connectivity index (χ4n) is 5.29. The van der Waals surface area contributed by atoms with E-state index >= 15 is 0 Å². The molecule has 4 amide bonds. The van der Waals surface area contributed by atoms with Gasteiger partial charge in [0.2, 0.25) is 23.6 Å². The first-order valence-corrected chi connectivity index (χ1v) is 18.5. The fourth-order valence-corrected chi connectivity index (χ4v) is 5.68. The molecule has 1 fully saturated rings. The summed E-state index contributed by atoms with van der Waals surface area (Å²) in [5, 5.41) is 39.6. The Morgan fingerprint density at radius 1 is 0.815 bits per heavy atom. The number of aliphatic hydroxyl groups excluding tert-OH is 2. The molecule has 3 rings (SSSR count). The van der Waals surface area contributed by atoms with Crippen LogP contribution in [0, 0.1) is 0 Å². The van der Waals surface area contributed by atoms with Gasteiger partial charge in [0, 0.05) is 35.8 Å². The van der Waals surface area contributed by atoms with Gasteiger partial charge in [-0.05, 0) is 45.9 Å². The number of nitrogens with one attached hydrogen (secondary N) is 4. The summed E-state index contributed by atoms with van der Waals surface area (Å²) in [7, 11) is 0. The number of aromatic hydroxyl groups is 1. The number of benzene rings is 2. The Balaban J connectivity index is 1.62. The van der Waals surface area contributed by atoms with Crippen molar-refractivity contribution in [3.8, 4) is 5.75 Å². The number of carbonyl (C=O) groups is 5. The molecule has 0 aliphatic carbocycles. The van der Waals surface area contributed by atoms with Crippen LogP contribution in [0.2, 0.25) is 0 Å². The predicted octanol–water partition coefficient (Wildman–Crippen LogP) is -0.736. The highest BCUT2D eigenvalue weighted by molar-refractivity contribution is 14.1. The van der Waals surface area contributed by atoms with Gasteiger partial charge in [-0.2, -0.15) is 0 Å². The minimum atomic E-state index is -1.58. The van der Waals surface area contributed by atoms with Crippen molar-refractivity contribution in [3.05, 3.63) is 75.6 Å². The first-order chi connectivity index (χ1) is 26.1. The highest BCUT2D eigenvalue weighted by atomic mass is 127. The smallest absolute Gasteiger partial charge is 0.334 e. The number of esters is 1. The van der Waals surface area contributed by atoms with Gasteiger partial charge in [0.05, 0.1) is 52.9 Å². The van der Waals surface area contributed by atoms with Gasteiger partial charge in [0.15, 0.2) is 0 Å². The molecule has 17 nitrogen and oxygen atoms in total. The molecular weight excluding hydrogens is 821 g/mol. The number of allylic oxidation sites excluding steroid dienone is 1. The molecule has 296 valence electrons. The lowest BCUT2D eigenvalue weighted by atomic mass is 9.86. The summed E-state index contributed by atoms with van der Waals surface area (Å²) in [5.41, 5.74) is 6.65. The van der Waals surface area contributed by atoms with Gasteiger partial charge in [0.25, 0.3) is 0 Å². The van der Waals surface area contributed by atoms with E-state index in [1.165, 1.54) is 12.1 Å². The van der Waals surface area contributed by atoms with Crippen LogP contribution in [0.1, 0.15) is 29.9 Å². The Kier molecular flexibility index (Phi) is 19.9. The number of phenols is 1. The predicted molar refractivity (Wildman–Crippen MR) is 202 cm³/mol. The van der Waals surface area contributed by atoms with Gasteiger partial charge in [-0.25, -0.2) is 4.79 Å². The highest BCUT2D eigenvalue weighted by Gasteiger charge is 2.40. The Morgan fingerprint density at radius 3 is 1.98 bits per heavy atom. The summed E-state index contributed by atoms with van der Waals surface area (Å²) in [5.74, 6) is -4.13. The first kappa shape index (κ1) is 44.2. The van der Waals surface area contributed by atoms with Crippen molar-refractivity contribution in [2.45, 2.75) is 49.3 Å². The molecule has 54 heavy (non-hydrogen) atoms. The van der Waals surface area contributed by atoms with Crippen LogP contribution in [0.25, 0.3) is 0 Å². The van der Waals surface area contributed by atoms with Gasteiger partial charge >= 0.3 is 5.97 Å². The summed E-state index contributed by atoms with van der Waals surface area (Å²) in [6.07, 6.45) is 0.0961. The number of phenolic OH excluding ortho intramolecular Hbond substituents is 1. The van der Waals surface area contributed by atoms with Crippen LogP contribution in [-0.4, -0.2) is 128 Å². The van der Waals surface area contributed by atoms with Crippen molar-refractivity contribution < 1.29 is 58.2 Å². The number of hydrogen-bond donors (Lipinski definition) is 8. The van der Waals surface area contributed by atoms with Gasteiger partial charge in [-0.3, -0.25) is 19.2 Å². The van der Waals surface area contributed by atoms with Crippen molar-refractivity contribution in [2.24, 2.45) is 5.73 Å². The zero-order chi connectivity index (χ0) is 39.3. The van der Waals surface area contributed by atoms with Crippen molar-refractivity contribution in [2.75, 3.05) is 59.4 Å². The van der Waals surface area contributed by atoms with E-state index in [4.69, 9.17) is 24.7 Å². The molecule has 1 heterocycles. The molecular formula is C36H48IN5O12. The zero-order valence-corrected chi connectivity index (χ0v) is 31.8. The normalized spacial score (nSPS) is 17.9. The van der Waals surface area contributed by atoms with Crippen LogP contribution < -0.4 is 27.0 Å². The van der Waals surface area contributed by atoms with E-state index in [1.807, 2.05) is 22.6 Å². The number of halogens is 1. The van der Waals surface area contributed by atoms with Crippen molar-refractivity contribution in [1.29, 1.82) is 0 Å². The van der Waals surface area contributed by atoms with Gasteiger partial charge in [0.1, 0.15) is 35.7 Å². The van der Waals surface area contributed by atoms with Gasteiger partial charge in [-0.15, -0.1) is 0 Å². The van der Waals surface area contributed by atoms with Crippen LogP contribution in [0.5, 0.6) is 5.75 Å². The molecule has 0 aromatic heterocycles. The van der Waals surface area contributed by atoms with E-state index in [2.05, 4.69) is 21.3 Å². The van der Waals surface area contributed by atoms with Crippen molar-refractivity contribution >= 4 is 52.2 Å². The number of nitrogens with two attached hydrogens (primary N) is 1. The van der Waals surface area contributed by atoms with E-state index in [9.17, 15) is 39.3 Å². The molecule has 1 aliphatic rings. The third-order valence-corrected chi connectivity index (χ3v) is 8.79. The summed E-state index contributed by atoms with van der Waals surface area (Å²) in [6, 6.07) is 9.44. The molecule has 0 spiro atoms. The van der Waals surface area contributed by atoms with E-state index in [-0.39, 0.29) is 44.8 Å². The number of amides is 4. The molecule has 0 bridgehead atoms. The molecule has 2 aromatic carbocycles. The molecule has 5 unspecified atom stereocenters. The number of hydrogen-bond acceptors (Lipinski definition) is 13. The second kappa shape index (κ2) is 24.3. The first-order valence-electron chi connectivity index (χ1n) is 17.3. The van der Waals surface area contributed by atoms with Crippen LogP contribution >= 0.6 is 22.6 Å². The maximum Gasteiger partial charge on any atom is 0.334 e. The molecule has 1 saturated heterocycles. The Morgan fingerprint density at radius 2 is 1.39 bits per heavy atom. The molecule has 1 aliphatic heterocycles. The Bertz CT molecular complexity index is 1530. The number of aliphatic hydroxyl groups is 2. The van der Waals surface area contributed by atoms with Crippen molar-refractivity contribution in [1.82, 2.24) is 21.3 Å². The van der Waals surface area contributed by atoms with Gasteiger partial charge < -0.3 is 61.3 Å². The second-order valence-electron chi connectivity index (χ2n) is 12.1. The maximum atomic E-state index is 13.9. The Hall–Kier alpha value is -4.18. The van der Waals surface area contributed by atoms with Crippen LogP contribution in [-0.2, 0) is 49.3 Å². The standard InChI is InChI=1S/C36H48IN5O12/c37-20-26-19-27(24-6-8-25(45)9-7-24)32(36(50)54-26)42-33(47)28(18-23-4-2-1-3-5-23)40-35(49)30(22-44)41-34(48)29(21-43)39-31(46)10-12-51-14-16-53-17-15-52-13-11-38/h1-9,20,27-30,32,43-45H,10-19,21-22,38H2,(H,39,46)(H,40,49)(H,41,48)(H,42,47). The molecule has 9 N–H and O–H groups in total. The summed E-state index contributed by atoms with van der Waals surface area (Å²) >= 11 is 1.95. The molecule has 2 aromatic rings. The van der Waals surface area contributed by atoms with Gasteiger partial charge in [-0.1, -0.05) is 42.5 Å². The molecule has 5 atom stereocenters. The lowest BCUT2D eigenvalue weighted by molar-refractivity contribution is -0.148. The Labute approximate surface area is 326 Å². The fraction of sp³-hybridized carbons (Fsp3) is 0.472. The van der Waals surface area contributed by atoms with Crippen molar-refractivity contribution in [3.63, 3.8) is 0 Å². The minimum Gasteiger partial charge on any atom is -0.508 e. The second-order valence-corrected chi connectivity index (χ2v) is 12.7. The maximum absolute atomic E-state index is 13.9. The number of carbonyl (C=O) groups excluding carboxylic acids is 5. The third-order valence-electron chi connectivity index (χ3n) is 8.09. The topological polar surface area (TPSA) is 257 Å². The lowest BCUT2D eigenvalue weighted by Crippen LogP contribution is -2.60. The van der Waals surface area contributed by atoms with E-state index in [1.54, 1.807) is 46.5 Å².